The fourth-order valence-corrected chi connectivity index (χ4v) is 14.0. The summed E-state index contributed by atoms with van der Waals surface area (Å²) < 4.78 is 0. The van der Waals surface area contributed by atoms with Gasteiger partial charge in [-0.1, -0.05) is 88.7 Å². The number of primary amides is 2. The lowest BCUT2D eigenvalue weighted by atomic mass is 9.96. The van der Waals surface area contributed by atoms with Crippen molar-refractivity contribution in [3.8, 4) is 11.5 Å². The molecule has 0 saturated carbocycles. The number of carboxylic acids is 4. The Labute approximate surface area is 767 Å². The van der Waals surface area contributed by atoms with Crippen molar-refractivity contribution in [1.29, 1.82) is 0 Å². The van der Waals surface area contributed by atoms with Crippen LogP contribution < -0.4 is 97.8 Å². The van der Waals surface area contributed by atoms with Crippen LogP contribution in [0.4, 0.5) is 0 Å². The van der Waals surface area contributed by atoms with Crippen LogP contribution in [-0.2, 0) is 115 Å². The number of aliphatic hydroxyl groups is 1. The van der Waals surface area contributed by atoms with Gasteiger partial charge >= 0.3 is 23.9 Å². The molecule has 3 aromatic carbocycles. The highest BCUT2D eigenvalue weighted by atomic mass is 16.4. The maximum Gasteiger partial charge on any atom is 0.326 e. The molecular weight excluding hydrogens is 1740 g/mol. The lowest BCUT2D eigenvalue weighted by molar-refractivity contribution is -0.143. The first kappa shape index (κ1) is 112. The Morgan fingerprint density at radius 2 is 0.737 bits per heavy atom. The summed E-state index contributed by atoms with van der Waals surface area (Å²) in [5, 5.41) is 102. The Bertz CT molecular complexity index is 4470. The number of hydrogen-bond acceptors (Lipinski definition) is 26. The summed E-state index contributed by atoms with van der Waals surface area (Å²) in [5.41, 5.74) is 29.5. The molecule has 1 heterocycles. The van der Waals surface area contributed by atoms with Crippen molar-refractivity contribution in [3.63, 3.8) is 0 Å². The van der Waals surface area contributed by atoms with Gasteiger partial charge in [-0.3, -0.25) is 91.1 Å². The zero-order chi connectivity index (χ0) is 99.3. The molecule has 46 nitrogen and oxygen atoms in total. The number of unbranched alkanes of at least 4 members (excludes halogenated alkanes) is 2. The van der Waals surface area contributed by atoms with Gasteiger partial charge in [-0.25, -0.2) is 4.79 Å². The molecule has 1 fully saturated rings. The molecule has 0 aliphatic carbocycles. The molecule has 1 saturated heterocycles. The van der Waals surface area contributed by atoms with Gasteiger partial charge in [0.2, 0.25) is 94.5 Å². The summed E-state index contributed by atoms with van der Waals surface area (Å²) in [6.07, 6.45) is -5.86. The molecule has 0 radical (unpaired) electrons. The minimum Gasteiger partial charge on any atom is -0.508 e. The van der Waals surface area contributed by atoms with Crippen LogP contribution in [0.3, 0.4) is 0 Å². The van der Waals surface area contributed by atoms with Gasteiger partial charge in [0, 0.05) is 57.9 Å². The second-order valence-corrected chi connectivity index (χ2v) is 33.0. The first-order valence-electron chi connectivity index (χ1n) is 44.0. The van der Waals surface area contributed by atoms with Crippen LogP contribution >= 0.6 is 0 Å². The van der Waals surface area contributed by atoms with Crippen LogP contribution in [0.25, 0.3) is 0 Å². The number of rotatable bonds is 62. The van der Waals surface area contributed by atoms with Gasteiger partial charge < -0.3 is 138 Å². The average Bonchev–Trinajstić information content (AvgIpc) is 1.69. The number of benzene rings is 3. The van der Waals surface area contributed by atoms with E-state index in [1.165, 1.54) is 60.4 Å². The van der Waals surface area contributed by atoms with E-state index in [4.69, 9.17) is 33.8 Å². The number of nitrogens with one attached hydrogen (secondary N) is 13. The SMILES string of the molecule is CCC(C)C(NC(=O)C(Cc1ccc(O)cc1)NC(=O)C(C)NC(=O)C(CCC(=O)O)NC(=O)C(N)CCC(=O)O)C(=O)N1CCCC1C(=O)NC(CCCCN)C(=O)NC(CCC(=O)O)C(=O)NC(CCC(N)=O)C(=O)NC(CCCCN)C(=O)NC(Cc1ccc(O)cc1)C(=O)NC(CO)C(=O)NC(Cc1ccccc1)C(=O)NC(CC(C)C)C(=O)NC(CCC(N)=O)C(=O)O. The van der Waals surface area contributed by atoms with Gasteiger partial charge in [0.1, 0.15) is 96.1 Å². The van der Waals surface area contributed by atoms with Crippen molar-refractivity contribution in [3.05, 3.63) is 95.6 Å². The first-order valence-corrected chi connectivity index (χ1v) is 44.0. The second kappa shape index (κ2) is 57.6. The molecule has 16 unspecified atom stereocenters. The maximum atomic E-state index is 15.1. The Morgan fingerprint density at radius 1 is 0.391 bits per heavy atom. The largest absolute Gasteiger partial charge is 0.508 e. The molecule has 0 spiro atoms. The second-order valence-electron chi connectivity index (χ2n) is 33.0. The van der Waals surface area contributed by atoms with Gasteiger partial charge in [-0.2, -0.15) is 0 Å². The number of amides is 16. The summed E-state index contributed by atoms with van der Waals surface area (Å²) in [4.78, 5) is 274. The van der Waals surface area contributed by atoms with Gasteiger partial charge in [0.05, 0.1) is 12.6 Å². The summed E-state index contributed by atoms with van der Waals surface area (Å²) in [7, 11) is 0. The van der Waals surface area contributed by atoms with Crippen LogP contribution in [0.5, 0.6) is 11.5 Å². The van der Waals surface area contributed by atoms with Gasteiger partial charge in [-0.05, 0) is 163 Å². The molecule has 16 atom stereocenters. The maximum absolute atomic E-state index is 15.1. The van der Waals surface area contributed by atoms with Crippen LogP contribution in [0, 0.1) is 11.8 Å². The molecule has 0 bridgehead atoms. The highest BCUT2D eigenvalue weighted by Crippen LogP contribution is 2.24. The van der Waals surface area contributed by atoms with E-state index < -0.39 is 279 Å². The lowest BCUT2D eigenvalue weighted by Gasteiger charge is -2.33. The Hall–Kier alpha value is -13.5. The zero-order valence-corrected chi connectivity index (χ0v) is 75.0. The fraction of sp³-hybridized carbons (Fsp3) is 0.563. The zero-order valence-electron chi connectivity index (χ0n) is 75.0. The monoisotopic (exact) mass is 1870 g/mol. The van der Waals surface area contributed by atoms with E-state index in [-0.39, 0.29) is 133 Å². The first-order chi connectivity index (χ1) is 62.9. The number of phenolic OH excluding ortho intramolecular Hbond substituents is 2. The minimum atomic E-state index is -1.92. The van der Waals surface area contributed by atoms with Crippen LogP contribution in [-0.4, -0.2) is 276 Å². The van der Waals surface area contributed by atoms with Gasteiger partial charge in [0.15, 0.2) is 0 Å². The van der Waals surface area contributed by atoms with Crippen LogP contribution in [0.2, 0.25) is 0 Å². The molecular formula is C87H129N19O27. The van der Waals surface area contributed by atoms with E-state index in [1.54, 1.807) is 58.0 Å². The summed E-state index contributed by atoms with van der Waals surface area (Å²) in [5.74, 6) is -23.4. The predicted molar refractivity (Wildman–Crippen MR) is 474 cm³/mol. The molecule has 734 valence electrons. The van der Waals surface area contributed by atoms with E-state index in [2.05, 4.69) is 69.1 Å². The highest BCUT2D eigenvalue weighted by Gasteiger charge is 2.43. The summed E-state index contributed by atoms with van der Waals surface area (Å²) >= 11 is 0. The topological polar surface area (TPSA) is 773 Å². The molecule has 133 heavy (non-hydrogen) atoms. The average molecular weight is 1870 g/mol. The molecule has 1 aliphatic heterocycles. The predicted octanol–water partition coefficient (Wildman–Crippen LogP) is -4.68. The van der Waals surface area contributed by atoms with Crippen LogP contribution in [0.15, 0.2) is 78.9 Å². The standard InChI is InChI=1S/C87H129N19O27/c1-6-47(4)72(105-83(128)64(44-51-22-26-53(109)27-23-51)100-73(118)48(5)93-75(120)58(31-36-70(114)115)94-74(119)54(90)28-35-69(112)113)86(131)106-40-14-19-66(106)85(130)98-56(18-11-13-39-89)76(121)97-59(32-37-71(116)117)79(124)96-57(29-33-67(91)110)78(123)95-55(17-10-12-38-88)77(122)102-63(43-50-20-24-52(108)25-21-50)82(127)104-65(45-107)84(129)103-62(42-49-15-8-7-9-16-49)81(126)101-61(41-46(2)3)80(125)99-60(87(132)133)30-34-68(92)111/h7-9,15-16,20-27,46-48,54-66,72,107-109H,6,10-14,17-19,28-45,88-90H2,1-5H3,(H2,91,110)(H2,92,111)(H,93,120)(H,94,119)(H,95,123)(H,96,124)(H,97,121)(H,98,130)(H,99,125)(H,100,118)(H,101,126)(H,102,122)(H,103,129)(H,104,127)(H,105,128)(H,112,113)(H,114,115)(H,116,117)(H,132,133). The quantitative estimate of drug-likeness (QED) is 0.0236. The molecule has 46 heteroatoms. The number of aliphatic carboxylic acids is 4. The van der Waals surface area contributed by atoms with Gasteiger partial charge in [-0.15, -0.1) is 0 Å². The van der Waals surface area contributed by atoms with E-state index in [0.717, 1.165) is 0 Å². The molecule has 4 rings (SSSR count). The van der Waals surface area contributed by atoms with Crippen molar-refractivity contribution >= 4 is 118 Å². The molecule has 1 aliphatic rings. The molecule has 30 N–H and O–H groups in total. The normalized spacial score (nSPS) is 15.7. The lowest BCUT2D eigenvalue weighted by Crippen LogP contribution is -2.61. The third kappa shape index (κ3) is 40.4. The van der Waals surface area contributed by atoms with Crippen molar-refractivity contribution in [1.82, 2.24) is 74.0 Å². The van der Waals surface area contributed by atoms with E-state index in [1.807, 2.05) is 0 Å². The number of hydrogen-bond donors (Lipinski definition) is 25. The number of carbonyl (C=O) groups is 20. The van der Waals surface area contributed by atoms with E-state index in [0.29, 0.717) is 11.1 Å². The van der Waals surface area contributed by atoms with E-state index >= 15 is 4.79 Å². The van der Waals surface area contributed by atoms with Crippen molar-refractivity contribution in [2.45, 2.75) is 273 Å². The number of phenols is 2. The number of aliphatic hydroxyl groups excluding tert-OH is 1. The number of carboxylic acid groups (broad SMARTS) is 4. The number of likely N-dealkylation sites (tertiary alicyclic amines) is 1. The Kier molecular flexibility index (Phi) is 48.4. The number of carbonyl (C=O) groups excluding carboxylic acids is 16. The number of nitrogens with two attached hydrogens (primary N) is 5. The van der Waals surface area contributed by atoms with Gasteiger partial charge in [0.25, 0.3) is 0 Å². The number of nitrogens with zero attached hydrogens (tertiary/aromatic N) is 1. The summed E-state index contributed by atoms with van der Waals surface area (Å²) in [6, 6.07) is -5.27. The minimum absolute atomic E-state index is 0.00737. The fourth-order valence-electron chi connectivity index (χ4n) is 14.0. The number of aromatic hydroxyl groups is 2. The van der Waals surface area contributed by atoms with E-state index in [9.17, 15) is 122 Å². The molecule has 3 aromatic rings. The third-order valence-corrected chi connectivity index (χ3v) is 21.8. The van der Waals surface area contributed by atoms with Crippen molar-refractivity contribution < 1.29 is 132 Å². The van der Waals surface area contributed by atoms with Crippen LogP contribution in [0.1, 0.15) is 180 Å². The van der Waals surface area contributed by atoms with Crippen molar-refractivity contribution in [2.75, 3.05) is 26.2 Å². The van der Waals surface area contributed by atoms with Crippen molar-refractivity contribution in [2.24, 2.45) is 40.5 Å². The Balaban J connectivity index is 1.64. The summed E-state index contributed by atoms with van der Waals surface area (Å²) in [6.45, 7) is 6.85. The smallest absolute Gasteiger partial charge is 0.326 e. The Morgan fingerprint density at radius 3 is 1.16 bits per heavy atom. The molecule has 16 amide bonds. The molecule has 0 aromatic heterocycles. The highest BCUT2D eigenvalue weighted by molar-refractivity contribution is 6.01. The third-order valence-electron chi connectivity index (χ3n) is 21.8.